The molecule has 0 aromatic heterocycles. The minimum absolute atomic E-state index is 0.239. The smallest absolute Gasteiger partial charge is 0.297 e. The highest BCUT2D eigenvalue weighted by atomic mass is 16.6. The Labute approximate surface area is 80.1 Å². The summed E-state index contributed by atoms with van der Waals surface area (Å²) in [5, 5.41) is 19.0. The summed E-state index contributed by atoms with van der Waals surface area (Å²) in [5.41, 5.74) is 0.239. The first kappa shape index (κ1) is 10.3. The van der Waals surface area contributed by atoms with Gasteiger partial charge in [-0.15, -0.1) is 0 Å². The van der Waals surface area contributed by atoms with Crippen LogP contribution in [0.2, 0.25) is 0 Å². The van der Waals surface area contributed by atoms with Crippen molar-refractivity contribution in [2.75, 3.05) is 6.61 Å². The van der Waals surface area contributed by atoms with Gasteiger partial charge in [-0.2, -0.15) is 0 Å². The first-order chi connectivity index (χ1) is 6.66. The van der Waals surface area contributed by atoms with Crippen LogP contribution in [0, 0.1) is 10.1 Å². The fourth-order valence-electron chi connectivity index (χ4n) is 1.04. The summed E-state index contributed by atoms with van der Waals surface area (Å²) in [4.78, 5) is 21.0. The van der Waals surface area contributed by atoms with Gasteiger partial charge in [0, 0.05) is 10.5 Å². The van der Waals surface area contributed by atoms with E-state index >= 15 is 0 Å². The molecule has 5 nitrogen and oxygen atoms in total. The fourth-order valence-corrected chi connectivity index (χ4v) is 1.04. The Balaban J connectivity index is 2.89. The Morgan fingerprint density at radius 2 is 2.00 bits per heavy atom. The predicted octanol–water partition coefficient (Wildman–Crippen LogP) is 0.507. The normalized spacial score (nSPS) is 12.1. The lowest BCUT2D eigenvalue weighted by Gasteiger charge is -2.04. The highest BCUT2D eigenvalue weighted by Crippen LogP contribution is 2.05. The molecule has 0 aliphatic rings. The van der Waals surface area contributed by atoms with Crippen LogP contribution in [0.5, 0.6) is 0 Å². The maximum atomic E-state index is 11.4. The Bertz CT molecular complexity index is 336. The van der Waals surface area contributed by atoms with E-state index in [2.05, 4.69) is 0 Å². The molecule has 74 valence electrons. The summed E-state index contributed by atoms with van der Waals surface area (Å²) in [5.74, 6) is -0.668. The molecular weight excluding hydrogens is 186 g/mol. The molecule has 1 rings (SSSR count). The third-order valence-electron chi connectivity index (χ3n) is 1.79. The third kappa shape index (κ3) is 2.14. The molecular formula is C9H9NO4. The van der Waals surface area contributed by atoms with Crippen LogP contribution in [0.15, 0.2) is 30.3 Å². The number of aliphatic hydroxyl groups is 1. The molecule has 0 heterocycles. The summed E-state index contributed by atoms with van der Waals surface area (Å²) in [7, 11) is 0. The average molecular weight is 195 g/mol. The number of ketones is 1. The highest BCUT2D eigenvalue weighted by Gasteiger charge is 2.29. The average Bonchev–Trinajstić information content (AvgIpc) is 2.19. The van der Waals surface area contributed by atoms with Crippen LogP contribution in [-0.4, -0.2) is 28.5 Å². The fraction of sp³-hybridized carbons (Fsp3) is 0.222. The van der Waals surface area contributed by atoms with Gasteiger partial charge in [-0.05, 0) is 0 Å². The van der Waals surface area contributed by atoms with Crippen LogP contribution in [-0.2, 0) is 0 Å². The van der Waals surface area contributed by atoms with Crippen molar-refractivity contribution in [3.8, 4) is 0 Å². The maximum Gasteiger partial charge on any atom is 0.297 e. The molecule has 1 N–H and O–H groups in total. The van der Waals surface area contributed by atoms with E-state index in [4.69, 9.17) is 5.11 Å². The second-order valence-electron chi connectivity index (χ2n) is 2.71. The number of benzene rings is 1. The standard InChI is InChI=1S/C9H9NO4/c11-6-8(10(13)14)9(12)7-4-2-1-3-5-7/h1-5,8,11H,6H2. The molecule has 0 saturated carbocycles. The zero-order valence-corrected chi connectivity index (χ0v) is 7.29. The maximum absolute atomic E-state index is 11.4. The number of aliphatic hydroxyl groups excluding tert-OH is 1. The third-order valence-corrected chi connectivity index (χ3v) is 1.79. The van der Waals surface area contributed by atoms with Gasteiger partial charge in [0.05, 0.1) is 0 Å². The van der Waals surface area contributed by atoms with Crippen molar-refractivity contribution in [1.82, 2.24) is 0 Å². The Morgan fingerprint density at radius 1 is 1.43 bits per heavy atom. The second kappa shape index (κ2) is 4.48. The van der Waals surface area contributed by atoms with Gasteiger partial charge in [-0.25, -0.2) is 0 Å². The van der Waals surface area contributed by atoms with Crippen molar-refractivity contribution in [3.63, 3.8) is 0 Å². The first-order valence-electron chi connectivity index (χ1n) is 4.00. The Hall–Kier alpha value is -1.75. The van der Waals surface area contributed by atoms with E-state index in [1.165, 1.54) is 12.1 Å². The van der Waals surface area contributed by atoms with Gasteiger partial charge >= 0.3 is 0 Å². The zero-order valence-electron chi connectivity index (χ0n) is 7.29. The van der Waals surface area contributed by atoms with Crippen molar-refractivity contribution in [2.45, 2.75) is 6.04 Å². The van der Waals surface area contributed by atoms with Gasteiger partial charge in [0.15, 0.2) is 0 Å². The minimum Gasteiger partial charge on any atom is -0.389 e. The number of rotatable bonds is 4. The van der Waals surface area contributed by atoms with E-state index < -0.39 is 23.4 Å². The molecule has 1 aromatic rings. The number of nitro groups is 1. The summed E-state index contributed by atoms with van der Waals surface area (Å²) in [6.07, 6.45) is 0. The lowest BCUT2D eigenvalue weighted by molar-refractivity contribution is -0.508. The molecule has 5 heteroatoms. The summed E-state index contributed by atoms with van der Waals surface area (Å²) in [6.45, 7) is -0.777. The van der Waals surface area contributed by atoms with Crippen LogP contribution in [0.25, 0.3) is 0 Å². The SMILES string of the molecule is O=C(c1ccccc1)C(CO)[N+](=O)[O-]. The van der Waals surface area contributed by atoms with Crippen LogP contribution < -0.4 is 0 Å². The highest BCUT2D eigenvalue weighted by molar-refractivity contribution is 5.99. The molecule has 0 radical (unpaired) electrons. The van der Waals surface area contributed by atoms with Crippen molar-refractivity contribution >= 4 is 5.78 Å². The molecule has 1 atom stereocenters. The number of hydrogen-bond acceptors (Lipinski definition) is 4. The Morgan fingerprint density at radius 3 is 2.43 bits per heavy atom. The quantitative estimate of drug-likeness (QED) is 0.431. The summed E-state index contributed by atoms with van der Waals surface area (Å²) in [6, 6.07) is 6.33. The van der Waals surface area contributed by atoms with Gasteiger partial charge in [0.2, 0.25) is 5.78 Å². The van der Waals surface area contributed by atoms with Crippen molar-refractivity contribution < 1.29 is 14.8 Å². The van der Waals surface area contributed by atoms with Gasteiger partial charge < -0.3 is 5.11 Å². The van der Waals surface area contributed by atoms with E-state index in [9.17, 15) is 14.9 Å². The van der Waals surface area contributed by atoms with Crippen molar-refractivity contribution in [2.24, 2.45) is 0 Å². The molecule has 0 amide bonds. The van der Waals surface area contributed by atoms with E-state index in [-0.39, 0.29) is 5.56 Å². The first-order valence-corrected chi connectivity index (χ1v) is 4.00. The van der Waals surface area contributed by atoms with Crippen LogP contribution in [0.3, 0.4) is 0 Å². The van der Waals surface area contributed by atoms with E-state index in [0.717, 1.165) is 0 Å². The molecule has 0 fully saturated rings. The summed E-state index contributed by atoms with van der Waals surface area (Å²) >= 11 is 0. The van der Waals surface area contributed by atoms with Crippen molar-refractivity contribution in [3.05, 3.63) is 46.0 Å². The monoisotopic (exact) mass is 195 g/mol. The molecule has 0 saturated heterocycles. The Kier molecular flexibility index (Phi) is 3.30. The lowest BCUT2D eigenvalue weighted by Crippen LogP contribution is -2.33. The minimum atomic E-state index is -1.56. The van der Waals surface area contributed by atoms with Gasteiger partial charge in [-0.3, -0.25) is 14.9 Å². The zero-order chi connectivity index (χ0) is 10.6. The van der Waals surface area contributed by atoms with E-state index in [1.54, 1.807) is 18.2 Å². The number of carbonyl (C=O) groups is 1. The molecule has 0 aliphatic heterocycles. The molecule has 1 unspecified atom stereocenters. The molecule has 0 aliphatic carbocycles. The topological polar surface area (TPSA) is 80.4 Å². The van der Waals surface area contributed by atoms with Crippen molar-refractivity contribution in [1.29, 1.82) is 0 Å². The van der Waals surface area contributed by atoms with Gasteiger partial charge in [0.25, 0.3) is 6.04 Å². The van der Waals surface area contributed by atoms with Crippen LogP contribution in [0.4, 0.5) is 0 Å². The van der Waals surface area contributed by atoms with Crippen LogP contribution >= 0.6 is 0 Å². The summed E-state index contributed by atoms with van der Waals surface area (Å²) < 4.78 is 0. The van der Waals surface area contributed by atoms with Gasteiger partial charge in [0.1, 0.15) is 6.61 Å². The molecule has 14 heavy (non-hydrogen) atoms. The molecule has 1 aromatic carbocycles. The van der Waals surface area contributed by atoms with Gasteiger partial charge in [-0.1, -0.05) is 30.3 Å². The molecule has 0 spiro atoms. The van der Waals surface area contributed by atoms with E-state index in [1.807, 2.05) is 0 Å². The lowest BCUT2D eigenvalue weighted by atomic mass is 10.1. The second-order valence-corrected chi connectivity index (χ2v) is 2.71. The number of hydrogen-bond donors (Lipinski definition) is 1. The largest absolute Gasteiger partial charge is 0.389 e. The predicted molar refractivity (Wildman–Crippen MR) is 48.6 cm³/mol. The molecule has 0 bridgehead atoms. The van der Waals surface area contributed by atoms with Crippen LogP contribution in [0.1, 0.15) is 10.4 Å². The van der Waals surface area contributed by atoms with E-state index in [0.29, 0.717) is 0 Å². The number of carbonyl (C=O) groups excluding carboxylic acids is 1. The number of nitrogens with zero attached hydrogens (tertiary/aromatic N) is 1. The number of Topliss-reactive ketones (excluding diaryl/α,β-unsaturated/α-hetero) is 1.